The summed E-state index contributed by atoms with van der Waals surface area (Å²) in [5.74, 6) is 0.168. The number of carbonyl (C=O) groups excluding carboxylic acids is 2. The smallest absolute Gasteiger partial charge is 0.239 e. The van der Waals surface area contributed by atoms with Crippen molar-refractivity contribution in [3.8, 4) is 0 Å². The molecule has 2 fully saturated rings. The largest absolute Gasteiger partial charge is 0.393 e. The van der Waals surface area contributed by atoms with Gasteiger partial charge in [0.15, 0.2) is 0 Å². The maximum atomic E-state index is 12.4. The molecule has 3 aliphatic heterocycles. The minimum absolute atomic E-state index is 0.0455. The van der Waals surface area contributed by atoms with Gasteiger partial charge in [-0.05, 0) is 27.3 Å². The molecule has 140 valence electrons. The van der Waals surface area contributed by atoms with E-state index in [9.17, 15) is 14.7 Å². The van der Waals surface area contributed by atoms with Gasteiger partial charge in [-0.15, -0.1) is 11.8 Å². The summed E-state index contributed by atoms with van der Waals surface area (Å²) in [4.78, 5) is 31.6. The molecule has 2 saturated heterocycles. The third kappa shape index (κ3) is 2.90. The zero-order valence-corrected chi connectivity index (χ0v) is 16.7. The van der Waals surface area contributed by atoms with Crippen LogP contribution >= 0.6 is 11.8 Å². The molecule has 0 aliphatic carbocycles. The summed E-state index contributed by atoms with van der Waals surface area (Å²) in [6.07, 6.45) is 0.230. The predicted molar refractivity (Wildman–Crippen MR) is 98.8 cm³/mol. The molecule has 6 nitrogen and oxygen atoms in total. The van der Waals surface area contributed by atoms with Crippen molar-refractivity contribution in [2.45, 2.75) is 50.6 Å². The van der Waals surface area contributed by atoms with Crippen molar-refractivity contribution in [2.24, 2.45) is 11.8 Å². The Hall–Kier alpha value is -1.05. The highest BCUT2D eigenvalue weighted by Crippen LogP contribution is 2.51. The molecule has 0 unspecified atom stereocenters. The zero-order chi connectivity index (χ0) is 18.6. The summed E-state index contributed by atoms with van der Waals surface area (Å²) >= 11 is 1.82. The second kappa shape index (κ2) is 6.59. The molecule has 0 radical (unpaired) electrons. The highest BCUT2D eigenvalue weighted by atomic mass is 32.2. The monoisotopic (exact) mass is 367 g/mol. The van der Waals surface area contributed by atoms with E-state index in [1.807, 2.05) is 30.6 Å². The number of likely N-dealkylation sites (tertiary alicyclic amines) is 1. The van der Waals surface area contributed by atoms with Crippen LogP contribution in [0.15, 0.2) is 10.6 Å². The van der Waals surface area contributed by atoms with E-state index in [1.165, 1.54) is 4.91 Å². The van der Waals surface area contributed by atoms with Crippen molar-refractivity contribution in [1.29, 1.82) is 0 Å². The first-order valence-corrected chi connectivity index (χ1v) is 9.83. The molecule has 25 heavy (non-hydrogen) atoms. The number of aliphatic hydroxyl groups excluding tert-OH is 1. The number of β-lactam (4-membered cyclic amide) rings is 1. The van der Waals surface area contributed by atoms with Gasteiger partial charge in [-0.25, -0.2) is 0 Å². The molecule has 2 amide bonds. The lowest BCUT2D eigenvalue weighted by molar-refractivity contribution is -0.159. The number of rotatable bonds is 4. The second-order valence-electron chi connectivity index (χ2n) is 7.87. The van der Waals surface area contributed by atoms with E-state index < -0.39 is 6.10 Å². The van der Waals surface area contributed by atoms with Gasteiger partial charge in [0, 0.05) is 42.4 Å². The summed E-state index contributed by atoms with van der Waals surface area (Å²) in [7, 11) is 5.61. The quantitative estimate of drug-likeness (QED) is 0.750. The lowest BCUT2D eigenvalue weighted by Crippen LogP contribution is -2.62. The Labute approximate surface area is 154 Å². The van der Waals surface area contributed by atoms with Crippen LogP contribution in [0, 0.1) is 11.8 Å². The summed E-state index contributed by atoms with van der Waals surface area (Å²) in [5, 5.41) is 10.3. The Morgan fingerprint density at radius 1 is 1.40 bits per heavy atom. The average Bonchev–Trinajstić information content (AvgIpc) is 2.96. The number of likely N-dealkylation sites (N-methyl/N-ethyl adjacent to an activating group) is 2. The van der Waals surface area contributed by atoms with Gasteiger partial charge in [0.05, 0.1) is 24.1 Å². The molecule has 0 spiro atoms. The van der Waals surface area contributed by atoms with Crippen molar-refractivity contribution in [1.82, 2.24) is 14.7 Å². The van der Waals surface area contributed by atoms with E-state index >= 15 is 0 Å². The summed E-state index contributed by atoms with van der Waals surface area (Å²) in [6.45, 7) is 6.74. The Morgan fingerprint density at radius 3 is 2.60 bits per heavy atom. The van der Waals surface area contributed by atoms with Crippen LogP contribution in [0.4, 0.5) is 0 Å². The van der Waals surface area contributed by atoms with E-state index in [1.54, 1.807) is 25.9 Å². The van der Waals surface area contributed by atoms with E-state index in [4.69, 9.17) is 0 Å². The minimum atomic E-state index is -0.604. The molecule has 3 heterocycles. The zero-order valence-electron chi connectivity index (χ0n) is 15.9. The molecule has 0 aromatic heterocycles. The molecular formula is C18H29N3O3S. The number of hydrogen-bond donors (Lipinski definition) is 1. The summed E-state index contributed by atoms with van der Waals surface area (Å²) in [6, 6.07) is 0.0299. The van der Waals surface area contributed by atoms with Crippen LogP contribution in [-0.2, 0) is 9.59 Å². The topological polar surface area (TPSA) is 64.1 Å². The molecule has 0 aromatic rings. The van der Waals surface area contributed by atoms with Crippen LogP contribution in [0.5, 0.6) is 0 Å². The predicted octanol–water partition coefficient (Wildman–Crippen LogP) is 0.969. The minimum Gasteiger partial charge on any atom is -0.393 e. The molecule has 0 saturated carbocycles. The average molecular weight is 368 g/mol. The highest BCUT2D eigenvalue weighted by Gasteiger charge is 2.57. The van der Waals surface area contributed by atoms with Gasteiger partial charge in [-0.1, -0.05) is 6.92 Å². The summed E-state index contributed by atoms with van der Waals surface area (Å²) < 4.78 is 0. The highest BCUT2D eigenvalue weighted by molar-refractivity contribution is 8.03. The van der Waals surface area contributed by atoms with Crippen LogP contribution < -0.4 is 0 Å². The van der Waals surface area contributed by atoms with Gasteiger partial charge in [0.2, 0.25) is 11.8 Å². The number of hydrogen-bond acceptors (Lipinski definition) is 5. The number of thioether (sulfide) groups is 1. The van der Waals surface area contributed by atoms with Crippen LogP contribution in [-0.4, -0.2) is 82.7 Å². The Kier molecular flexibility index (Phi) is 4.94. The fourth-order valence-electron chi connectivity index (χ4n) is 4.55. The van der Waals surface area contributed by atoms with Gasteiger partial charge < -0.3 is 14.9 Å². The third-order valence-corrected chi connectivity index (χ3v) is 7.48. The van der Waals surface area contributed by atoms with Gasteiger partial charge in [0.25, 0.3) is 0 Å². The van der Waals surface area contributed by atoms with Crippen LogP contribution in [0.2, 0.25) is 0 Å². The van der Waals surface area contributed by atoms with Crippen molar-refractivity contribution in [3.63, 3.8) is 0 Å². The lowest BCUT2D eigenvalue weighted by atomic mass is 9.79. The number of carbonyl (C=O) groups is 2. The van der Waals surface area contributed by atoms with E-state index in [2.05, 4.69) is 11.8 Å². The SMILES string of the molecule is CC1=C(S[C@H]2C[C@@H](C(=O)N(C)C)N(C)C2)[C@H](C)[C@@H]2[C@@H]([C@@H](C)O)C(=O)N12. The normalized spacial score (nSPS) is 36.5. The summed E-state index contributed by atoms with van der Waals surface area (Å²) in [5.41, 5.74) is 1.04. The third-order valence-electron chi connectivity index (χ3n) is 5.88. The van der Waals surface area contributed by atoms with Crippen LogP contribution in [0.3, 0.4) is 0 Å². The van der Waals surface area contributed by atoms with E-state index in [-0.39, 0.29) is 35.7 Å². The van der Waals surface area contributed by atoms with Crippen molar-refractivity contribution in [2.75, 3.05) is 27.7 Å². The molecule has 0 bridgehead atoms. The number of nitrogens with zero attached hydrogens (tertiary/aromatic N) is 3. The van der Waals surface area contributed by atoms with Crippen molar-refractivity contribution in [3.05, 3.63) is 10.6 Å². The first-order chi connectivity index (χ1) is 11.6. The van der Waals surface area contributed by atoms with E-state index in [0.29, 0.717) is 5.25 Å². The van der Waals surface area contributed by atoms with Gasteiger partial charge in [-0.3, -0.25) is 14.5 Å². The molecule has 3 rings (SSSR count). The van der Waals surface area contributed by atoms with Crippen molar-refractivity contribution >= 4 is 23.6 Å². The molecule has 6 atom stereocenters. The first kappa shape index (κ1) is 18.7. The van der Waals surface area contributed by atoms with Crippen LogP contribution in [0.25, 0.3) is 0 Å². The van der Waals surface area contributed by atoms with Crippen molar-refractivity contribution < 1.29 is 14.7 Å². The number of aliphatic hydroxyl groups is 1. The fraction of sp³-hybridized carbons (Fsp3) is 0.778. The molecule has 0 aromatic carbocycles. The standard InChI is InChI=1S/C18H29N3O3S/c1-9-15-14(11(3)22)18(24)21(15)10(2)16(9)25-12-7-13(20(6)8-12)17(23)19(4)5/h9,11-15,22H,7-8H2,1-6H3/t9-,11-,12+,13+,14-,15-/m1/s1. The Morgan fingerprint density at radius 2 is 2.04 bits per heavy atom. The van der Waals surface area contributed by atoms with Crippen LogP contribution in [0.1, 0.15) is 27.2 Å². The number of allylic oxidation sites excluding steroid dienone is 1. The maximum Gasteiger partial charge on any atom is 0.239 e. The Bertz CT molecular complexity index is 619. The number of fused-ring (bicyclic) bond motifs is 1. The second-order valence-corrected chi connectivity index (χ2v) is 9.21. The molecule has 7 heteroatoms. The first-order valence-electron chi connectivity index (χ1n) is 8.95. The number of amides is 2. The Balaban J connectivity index is 1.71. The molecule has 3 aliphatic rings. The molecule has 1 N–H and O–H groups in total. The fourth-order valence-corrected chi connectivity index (χ4v) is 6.12. The lowest BCUT2D eigenvalue weighted by Gasteiger charge is -2.46. The van der Waals surface area contributed by atoms with Gasteiger partial charge >= 0.3 is 0 Å². The van der Waals surface area contributed by atoms with Gasteiger partial charge in [-0.2, -0.15) is 0 Å². The van der Waals surface area contributed by atoms with Gasteiger partial charge in [0.1, 0.15) is 0 Å². The van der Waals surface area contributed by atoms with E-state index in [0.717, 1.165) is 18.7 Å². The maximum absolute atomic E-state index is 12.4. The molecular weight excluding hydrogens is 338 g/mol.